The number of aromatic nitrogens is 2. The number of nitrogens with zero attached hydrogens (tertiary/aromatic N) is 2. The fourth-order valence-electron chi connectivity index (χ4n) is 1.89. The number of rotatable bonds is 6. The third-order valence-corrected chi connectivity index (χ3v) is 4.97. The van der Waals surface area contributed by atoms with Gasteiger partial charge in [0.05, 0.1) is 21.9 Å². The topological polar surface area (TPSA) is 90.0 Å². The summed E-state index contributed by atoms with van der Waals surface area (Å²) < 4.78 is 28.8. The van der Waals surface area contributed by atoms with Crippen molar-refractivity contribution in [2.24, 2.45) is 0 Å². The van der Waals surface area contributed by atoms with Crippen molar-refractivity contribution in [1.82, 2.24) is 14.3 Å². The summed E-state index contributed by atoms with van der Waals surface area (Å²) in [5.74, 6) is 0. The normalized spacial score (nSPS) is 11.7. The first-order chi connectivity index (χ1) is 9.90. The van der Waals surface area contributed by atoms with Crippen molar-refractivity contribution in [1.29, 1.82) is 0 Å². The molecule has 0 saturated carbocycles. The number of sulfonamides is 1. The van der Waals surface area contributed by atoms with Crippen molar-refractivity contribution in [2.75, 3.05) is 12.3 Å². The quantitative estimate of drug-likeness (QED) is 0.625. The highest BCUT2D eigenvalue weighted by Crippen LogP contribution is 2.26. The molecule has 3 N–H and O–H groups in total. The lowest BCUT2D eigenvalue weighted by Gasteiger charge is -2.10. The Morgan fingerprint density at radius 3 is 2.81 bits per heavy atom. The molecule has 1 aromatic heterocycles. The Labute approximate surface area is 129 Å². The Morgan fingerprint density at radius 2 is 2.19 bits per heavy atom. The highest BCUT2D eigenvalue weighted by atomic mass is 35.5. The van der Waals surface area contributed by atoms with Crippen LogP contribution in [0.1, 0.15) is 12.0 Å². The average molecular weight is 329 g/mol. The Hall–Kier alpha value is -1.57. The molecular formula is C13H17ClN4O2S. The maximum absolute atomic E-state index is 12.2. The maximum atomic E-state index is 12.2. The van der Waals surface area contributed by atoms with Crippen LogP contribution in [0, 0.1) is 6.92 Å². The van der Waals surface area contributed by atoms with E-state index in [9.17, 15) is 8.42 Å². The van der Waals surface area contributed by atoms with Gasteiger partial charge in [0.1, 0.15) is 0 Å². The molecule has 2 aromatic rings. The second kappa shape index (κ2) is 6.46. The number of benzene rings is 1. The predicted octanol–water partition coefficient (Wildman–Crippen LogP) is 1.80. The van der Waals surface area contributed by atoms with Crippen molar-refractivity contribution in [2.45, 2.75) is 24.8 Å². The Bertz CT molecular complexity index is 691. The SMILES string of the molecule is Cc1cc(S(=O)(=O)NCCCn2ccnc2)cc(N)c1Cl. The predicted molar refractivity (Wildman–Crippen MR) is 82.6 cm³/mol. The first kappa shape index (κ1) is 15.8. The monoisotopic (exact) mass is 328 g/mol. The molecule has 2 rings (SSSR count). The molecule has 8 heteroatoms. The van der Waals surface area contributed by atoms with E-state index < -0.39 is 10.0 Å². The van der Waals surface area contributed by atoms with Gasteiger partial charge < -0.3 is 10.3 Å². The van der Waals surface area contributed by atoms with Gasteiger partial charge >= 0.3 is 0 Å². The van der Waals surface area contributed by atoms with E-state index in [1.807, 2.05) is 10.8 Å². The van der Waals surface area contributed by atoms with E-state index in [0.29, 0.717) is 30.1 Å². The minimum atomic E-state index is -3.58. The minimum absolute atomic E-state index is 0.129. The zero-order valence-electron chi connectivity index (χ0n) is 11.6. The minimum Gasteiger partial charge on any atom is -0.397 e. The molecule has 6 nitrogen and oxygen atoms in total. The van der Waals surface area contributed by atoms with Gasteiger partial charge in [0.2, 0.25) is 10.0 Å². The van der Waals surface area contributed by atoms with E-state index >= 15 is 0 Å². The Morgan fingerprint density at radius 1 is 1.43 bits per heavy atom. The highest BCUT2D eigenvalue weighted by molar-refractivity contribution is 7.89. The summed E-state index contributed by atoms with van der Waals surface area (Å²) in [6.45, 7) is 2.75. The summed E-state index contributed by atoms with van der Waals surface area (Å²) in [4.78, 5) is 4.05. The summed E-state index contributed by atoms with van der Waals surface area (Å²) in [5.41, 5.74) is 6.60. The van der Waals surface area contributed by atoms with Crippen LogP contribution in [-0.4, -0.2) is 24.5 Å². The van der Waals surface area contributed by atoms with E-state index in [4.69, 9.17) is 17.3 Å². The molecule has 1 aromatic carbocycles. The van der Waals surface area contributed by atoms with E-state index in [1.165, 1.54) is 12.1 Å². The standard InChI is InChI=1S/C13H17ClN4O2S/c1-10-7-11(8-12(15)13(10)14)21(19,20)17-3-2-5-18-6-4-16-9-18/h4,6-9,17H,2-3,5,15H2,1H3. The van der Waals surface area contributed by atoms with E-state index in [0.717, 1.165) is 0 Å². The molecule has 114 valence electrons. The van der Waals surface area contributed by atoms with Crippen molar-refractivity contribution in [3.63, 3.8) is 0 Å². The third kappa shape index (κ3) is 3.96. The zero-order chi connectivity index (χ0) is 15.5. The molecule has 0 bridgehead atoms. The molecule has 0 radical (unpaired) electrons. The molecule has 0 aliphatic rings. The first-order valence-corrected chi connectivity index (χ1v) is 8.27. The van der Waals surface area contributed by atoms with Gasteiger partial charge in [-0.2, -0.15) is 0 Å². The van der Waals surface area contributed by atoms with Crippen LogP contribution in [-0.2, 0) is 16.6 Å². The van der Waals surface area contributed by atoms with Crippen LogP contribution < -0.4 is 10.5 Å². The summed E-state index contributed by atoms with van der Waals surface area (Å²) >= 11 is 5.93. The molecule has 0 unspecified atom stereocenters. The van der Waals surface area contributed by atoms with Crippen LogP contribution in [0.15, 0.2) is 35.7 Å². The lowest BCUT2D eigenvalue weighted by atomic mass is 10.2. The van der Waals surface area contributed by atoms with Crippen LogP contribution in [0.3, 0.4) is 0 Å². The molecule has 0 spiro atoms. The number of aryl methyl sites for hydroxylation is 2. The maximum Gasteiger partial charge on any atom is 0.240 e. The highest BCUT2D eigenvalue weighted by Gasteiger charge is 2.16. The van der Waals surface area contributed by atoms with Gasteiger partial charge in [0, 0.05) is 25.5 Å². The van der Waals surface area contributed by atoms with Crippen LogP contribution in [0.4, 0.5) is 5.69 Å². The molecule has 21 heavy (non-hydrogen) atoms. The molecule has 0 aliphatic carbocycles. The number of nitrogens with two attached hydrogens (primary N) is 1. The zero-order valence-corrected chi connectivity index (χ0v) is 13.2. The molecule has 0 atom stereocenters. The second-order valence-electron chi connectivity index (χ2n) is 4.70. The van der Waals surface area contributed by atoms with E-state index in [2.05, 4.69) is 9.71 Å². The second-order valence-corrected chi connectivity index (χ2v) is 6.84. The summed E-state index contributed by atoms with van der Waals surface area (Å²) in [6, 6.07) is 2.88. The Balaban J connectivity index is 1.98. The van der Waals surface area contributed by atoms with Gasteiger partial charge in [-0.1, -0.05) is 11.6 Å². The summed E-state index contributed by atoms with van der Waals surface area (Å²) in [7, 11) is -3.58. The lowest BCUT2D eigenvalue weighted by Crippen LogP contribution is -2.25. The van der Waals surface area contributed by atoms with Gasteiger partial charge in [-0.3, -0.25) is 0 Å². The average Bonchev–Trinajstić information content (AvgIpc) is 2.93. The number of nitrogens with one attached hydrogen (secondary N) is 1. The van der Waals surface area contributed by atoms with E-state index in [1.54, 1.807) is 19.4 Å². The number of imidazole rings is 1. The van der Waals surface area contributed by atoms with Crippen molar-refractivity contribution < 1.29 is 8.42 Å². The van der Waals surface area contributed by atoms with Gasteiger partial charge in [-0.05, 0) is 31.0 Å². The first-order valence-electron chi connectivity index (χ1n) is 6.41. The van der Waals surface area contributed by atoms with Crippen molar-refractivity contribution in [3.8, 4) is 0 Å². The van der Waals surface area contributed by atoms with Gasteiger partial charge in [-0.25, -0.2) is 18.1 Å². The van der Waals surface area contributed by atoms with Gasteiger partial charge in [0.25, 0.3) is 0 Å². The van der Waals surface area contributed by atoms with Crippen molar-refractivity contribution >= 4 is 27.3 Å². The summed E-state index contributed by atoms with van der Waals surface area (Å²) in [5, 5.41) is 0.383. The third-order valence-electron chi connectivity index (χ3n) is 3.01. The van der Waals surface area contributed by atoms with Gasteiger partial charge in [0.15, 0.2) is 0 Å². The number of nitrogen functional groups attached to an aromatic ring is 1. The Kier molecular flexibility index (Phi) is 4.87. The number of halogens is 1. The molecule has 0 fully saturated rings. The van der Waals surface area contributed by atoms with Crippen LogP contribution in [0.5, 0.6) is 0 Å². The largest absolute Gasteiger partial charge is 0.397 e. The van der Waals surface area contributed by atoms with E-state index in [-0.39, 0.29) is 10.6 Å². The lowest BCUT2D eigenvalue weighted by molar-refractivity contribution is 0.570. The molecular weight excluding hydrogens is 312 g/mol. The molecule has 0 aliphatic heterocycles. The fourth-order valence-corrected chi connectivity index (χ4v) is 3.19. The van der Waals surface area contributed by atoms with Crippen LogP contribution >= 0.6 is 11.6 Å². The van der Waals surface area contributed by atoms with Crippen LogP contribution in [0.25, 0.3) is 0 Å². The van der Waals surface area contributed by atoms with Crippen LogP contribution in [0.2, 0.25) is 5.02 Å². The molecule has 0 amide bonds. The number of hydrogen-bond donors (Lipinski definition) is 2. The smallest absolute Gasteiger partial charge is 0.240 e. The molecule has 1 heterocycles. The number of anilines is 1. The number of hydrogen-bond acceptors (Lipinski definition) is 4. The van der Waals surface area contributed by atoms with Crippen molar-refractivity contribution in [3.05, 3.63) is 41.4 Å². The summed E-state index contributed by atoms with van der Waals surface area (Å²) in [6.07, 6.45) is 5.87. The van der Waals surface area contributed by atoms with Gasteiger partial charge in [-0.15, -0.1) is 0 Å². The molecule has 0 saturated heterocycles. The fraction of sp³-hybridized carbons (Fsp3) is 0.308.